The third-order valence-electron chi connectivity index (χ3n) is 4.02. The van der Waals surface area contributed by atoms with E-state index < -0.39 is 5.97 Å². The Bertz CT molecular complexity index is 459. The van der Waals surface area contributed by atoms with Gasteiger partial charge in [0.25, 0.3) is 0 Å². The van der Waals surface area contributed by atoms with Gasteiger partial charge in [0.15, 0.2) is 0 Å². The van der Waals surface area contributed by atoms with Crippen molar-refractivity contribution in [1.29, 1.82) is 0 Å². The van der Waals surface area contributed by atoms with Gasteiger partial charge in [0.2, 0.25) is 0 Å². The molecule has 0 saturated heterocycles. The first-order valence-electron chi connectivity index (χ1n) is 7.09. The molecule has 2 unspecified atom stereocenters. The number of rotatable bonds is 4. The van der Waals surface area contributed by atoms with Gasteiger partial charge in [-0.15, -0.1) is 0 Å². The topological polar surface area (TPSA) is 62.2 Å². The summed E-state index contributed by atoms with van der Waals surface area (Å²) < 4.78 is 0. The first-order chi connectivity index (χ1) is 9.11. The Morgan fingerprint density at radius 2 is 2.16 bits per heavy atom. The third kappa shape index (κ3) is 3.25. The smallest absolute Gasteiger partial charge is 0.339 e. The van der Waals surface area contributed by atoms with Crippen LogP contribution in [0.15, 0.2) is 12.1 Å². The van der Waals surface area contributed by atoms with Crippen molar-refractivity contribution in [2.75, 3.05) is 5.32 Å². The zero-order chi connectivity index (χ0) is 13.8. The lowest BCUT2D eigenvalue weighted by atomic mass is 9.83. The molecule has 0 spiro atoms. The first kappa shape index (κ1) is 13.8. The summed E-state index contributed by atoms with van der Waals surface area (Å²) in [5, 5.41) is 12.6. The molecule has 0 radical (unpaired) electrons. The number of aromatic nitrogens is 1. The minimum Gasteiger partial charge on any atom is -0.478 e. The number of nitrogens with one attached hydrogen (secondary N) is 1. The van der Waals surface area contributed by atoms with E-state index in [1.54, 1.807) is 12.1 Å². The van der Waals surface area contributed by atoms with E-state index in [0.29, 0.717) is 17.8 Å². The highest BCUT2D eigenvalue weighted by molar-refractivity contribution is 5.93. The normalized spacial score (nSPS) is 23.1. The van der Waals surface area contributed by atoms with E-state index in [4.69, 9.17) is 0 Å². The van der Waals surface area contributed by atoms with E-state index in [1.807, 2.05) is 6.92 Å². The number of nitrogens with zero attached hydrogens (tertiary/aromatic N) is 1. The van der Waals surface area contributed by atoms with E-state index in [-0.39, 0.29) is 5.56 Å². The lowest BCUT2D eigenvalue weighted by Crippen LogP contribution is -2.32. The quantitative estimate of drug-likeness (QED) is 0.872. The van der Waals surface area contributed by atoms with Gasteiger partial charge in [-0.3, -0.25) is 0 Å². The van der Waals surface area contributed by atoms with Gasteiger partial charge >= 0.3 is 5.97 Å². The number of pyridine rings is 1. The lowest BCUT2D eigenvalue weighted by molar-refractivity contribution is 0.0697. The molecule has 1 aromatic rings. The summed E-state index contributed by atoms with van der Waals surface area (Å²) in [6.45, 7) is 4.08. The summed E-state index contributed by atoms with van der Waals surface area (Å²) >= 11 is 0. The van der Waals surface area contributed by atoms with Crippen molar-refractivity contribution in [2.24, 2.45) is 5.92 Å². The summed E-state index contributed by atoms with van der Waals surface area (Å²) in [7, 11) is 0. The Hall–Kier alpha value is -1.58. The van der Waals surface area contributed by atoms with Crippen LogP contribution in [0, 0.1) is 12.8 Å². The fourth-order valence-corrected chi connectivity index (χ4v) is 2.90. The van der Waals surface area contributed by atoms with Crippen LogP contribution in [-0.2, 0) is 0 Å². The van der Waals surface area contributed by atoms with Crippen molar-refractivity contribution in [1.82, 2.24) is 4.98 Å². The highest BCUT2D eigenvalue weighted by atomic mass is 16.4. The second-order valence-corrected chi connectivity index (χ2v) is 5.36. The van der Waals surface area contributed by atoms with Crippen LogP contribution >= 0.6 is 0 Å². The highest BCUT2D eigenvalue weighted by Crippen LogP contribution is 2.29. The van der Waals surface area contributed by atoms with Gasteiger partial charge in [-0.25, -0.2) is 9.78 Å². The van der Waals surface area contributed by atoms with Crippen molar-refractivity contribution in [3.8, 4) is 0 Å². The molecule has 1 fully saturated rings. The second-order valence-electron chi connectivity index (χ2n) is 5.36. The number of hydrogen-bond acceptors (Lipinski definition) is 3. The van der Waals surface area contributed by atoms with Crippen LogP contribution in [0.2, 0.25) is 0 Å². The molecule has 0 amide bonds. The molecular weight excluding hydrogens is 240 g/mol. The molecule has 2 N–H and O–H groups in total. The van der Waals surface area contributed by atoms with Crippen molar-refractivity contribution >= 4 is 11.8 Å². The number of carboxylic acid groups (broad SMARTS) is 1. The van der Waals surface area contributed by atoms with E-state index in [2.05, 4.69) is 17.2 Å². The van der Waals surface area contributed by atoms with Gasteiger partial charge in [-0.1, -0.05) is 26.2 Å². The number of carboxylic acids is 1. The Labute approximate surface area is 114 Å². The predicted octanol–water partition coefficient (Wildman–Crippen LogP) is 3.47. The minimum atomic E-state index is -0.918. The molecule has 1 saturated carbocycles. The Kier molecular flexibility index (Phi) is 4.40. The number of carbonyl (C=O) groups is 1. The molecule has 104 valence electrons. The van der Waals surface area contributed by atoms with Crippen LogP contribution in [0.3, 0.4) is 0 Å². The molecular formula is C15H22N2O2. The van der Waals surface area contributed by atoms with Gasteiger partial charge in [-0.2, -0.15) is 0 Å². The van der Waals surface area contributed by atoms with Crippen LogP contribution < -0.4 is 5.32 Å². The van der Waals surface area contributed by atoms with Gasteiger partial charge in [0.1, 0.15) is 11.4 Å². The number of hydrogen-bond donors (Lipinski definition) is 2. The molecule has 0 aromatic carbocycles. The SMILES string of the molecule is CCC1CCCCC1Nc1nc(C)ccc1C(=O)O. The molecule has 1 heterocycles. The summed E-state index contributed by atoms with van der Waals surface area (Å²) in [6.07, 6.45) is 5.95. The summed E-state index contributed by atoms with van der Waals surface area (Å²) in [5.41, 5.74) is 1.11. The van der Waals surface area contributed by atoms with Crippen LogP contribution in [0.5, 0.6) is 0 Å². The van der Waals surface area contributed by atoms with Gasteiger partial charge in [-0.05, 0) is 37.8 Å². The number of anilines is 1. The zero-order valence-electron chi connectivity index (χ0n) is 11.6. The minimum absolute atomic E-state index is 0.269. The summed E-state index contributed by atoms with van der Waals surface area (Å²) in [4.78, 5) is 15.6. The molecule has 0 aliphatic heterocycles. The van der Waals surface area contributed by atoms with Crippen LogP contribution in [0.1, 0.15) is 55.1 Å². The molecule has 2 rings (SSSR count). The van der Waals surface area contributed by atoms with Crippen LogP contribution in [0.25, 0.3) is 0 Å². The van der Waals surface area contributed by atoms with E-state index in [1.165, 1.54) is 19.3 Å². The van der Waals surface area contributed by atoms with Crippen molar-refractivity contribution in [2.45, 2.75) is 52.0 Å². The predicted molar refractivity (Wildman–Crippen MR) is 75.6 cm³/mol. The average Bonchev–Trinajstić information content (AvgIpc) is 2.39. The maximum Gasteiger partial charge on any atom is 0.339 e. The monoisotopic (exact) mass is 262 g/mol. The molecule has 4 heteroatoms. The first-order valence-corrected chi connectivity index (χ1v) is 7.09. The maximum atomic E-state index is 11.2. The zero-order valence-corrected chi connectivity index (χ0v) is 11.6. The van der Waals surface area contributed by atoms with Crippen molar-refractivity contribution in [3.05, 3.63) is 23.4 Å². The molecule has 1 aliphatic carbocycles. The molecule has 4 nitrogen and oxygen atoms in total. The van der Waals surface area contributed by atoms with Crippen molar-refractivity contribution < 1.29 is 9.90 Å². The van der Waals surface area contributed by atoms with Gasteiger partial charge in [0.05, 0.1) is 0 Å². The van der Waals surface area contributed by atoms with Gasteiger partial charge in [0, 0.05) is 11.7 Å². The highest BCUT2D eigenvalue weighted by Gasteiger charge is 2.25. The largest absolute Gasteiger partial charge is 0.478 e. The van der Waals surface area contributed by atoms with Crippen LogP contribution in [0.4, 0.5) is 5.82 Å². The van der Waals surface area contributed by atoms with Crippen molar-refractivity contribution in [3.63, 3.8) is 0 Å². The Balaban J connectivity index is 2.21. The average molecular weight is 262 g/mol. The molecule has 1 aliphatic rings. The van der Waals surface area contributed by atoms with E-state index in [0.717, 1.165) is 18.5 Å². The lowest BCUT2D eigenvalue weighted by Gasteiger charge is -2.32. The summed E-state index contributed by atoms with van der Waals surface area (Å²) in [6, 6.07) is 3.73. The van der Waals surface area contributed by atoms with Gasteiger partial charge < -0.3 is 10.4 Å². The van der Waals surface area contributed by atoms with E-state index >= 15 is 0 Å². The van der Waals surface area contributed by atoms with E-state index in [9.17, 15) is 9.90 Å². The maximum absolute atomic E-state index is 11.2. The Morgan fingerprint density at radius 1 is 1.42 bits per heavy atom. The third-order valence-corrected chi connectivity index (χ3v) is 4.02. The molecule has 19 heavy (non-hydrogen) atoms. The number of aromatic carboxylic acids is 1. The fraction of sp³-hybridized carbons (Fsp3) is 0.600. The molecule has 1 aromatic heterocycles. The second kappa shape index (κ2) is 6.04. The molecule has 2 atom stereocenters. The Morgan fingerprint density at radius 3 is 2.84 bits per heavy atom. The molecule has 0 bridgehead atoms. The van der Waals surface area contributed by atoms with Crippen LogP contribution in [-0.4, -0.2) is 22.1 Å². The summed E-state index contributed by atoms with van der Waals surface area (Å²) in [5.74, 6) is 0.231. The fourth-order valence-electron chi connectivity index (χ4n) is 2.90. The number of aryl methyl sites for hydroxylation is 1. The standard InChI is InChI=1S/C15H22N2O2/c1-3-11-6-4-5-7-13(11)17-14-12(15(18)19)9-8-10(2)16-14/h8-9,11,13H,3-7H2,1-2H3,(H,16,17)(H,18,19).